The van der Waals surface area contributed by atoms with Gasteiger partial charge in [0, 0.05) is 11.0 Å². The van der Waals surface area contributed by atoms with Gasteiger partial charge in [-0.05, 0) is 0 Å². The third-order valence-electron chi connectivity index (χ3n) is 0.854. The topological polar surface area (TPSA) is 54.4 Å². The first kappa shape index (κ1) is 17.6. The van der Waals surface area contributed by atoms with Crippen molar-refractivity contribution in [1.82, 2.24) is 0 Å². The van der Waals surface area contributed by atoms with Crippen LogP contribution in [0.2, 0.25) is 0 Å². The molecule has 3 nitrogen and oxygen atoms in total. The van der Waals surface area contributed by atoms with E-state index in [1.807, 2.05) is 0 Å². The van der Waals surface area contributed by atoms with E-state index in [2.05, 4.69) is 13.8 Å². The van der Waals surface area contributed by atoms with Crippen molar-refractivity contribution in [3.05, 3.63) is 6.92 Å². The SMILES string of the molecule is O=[S-](=O)O.[CH2]CCCCC.[Li+]. The minimum atomic E-state index is -2.86. The monoisotopic (exact) mass is 173 g/mol. The molecule has 11 heavy (non-hydrogen) atoms. The molecular weight excluding hydrogens is 159 g/mol. The molecule has 0 aromatic rings. The van der Waals surface area contributed by atoms with Crippen LogP contribution in [-0.2, 0) is 19.4 Å². The Kier molecular flexibility index (Phi) is 26.9. The Morgan fingerprint density at radius 2 is 1.73 bits per heavy atom. The first-order chi connectivity index (χ1) is 4.65. The van der Waals surface area contributed by atoms with Crippen LogP contribution in [0.5, 0.6) is 0 Å². The van der Waals surface area contributed by atoms with E-state index in [0.29, 0.717) is 0 Å². The van der Waals surface area contributed by atoms with E-state index in [-0.39, 0.29) is 18.9 Å². The zero-order valence-electron chi connectivity index (χ0n) is 7.21. The molecule has 0 aliphatic heterocycles. The maximum atomic E-state index is 8.56. The molecule has 0 aromatic heterocycles. The molecule has 63 valence electrons. The zero-order valence-corrected chi connectivity index (χ0v) is 8.02. The van der Waals surface area contributed by atoms with E-state index >= 15 is 0 Å². The molecule has 0 unspecified atom stereocenters. The van der Waals surface area contributed by atoms with Crippen LogP contribution >= 0.6 is 0 Å². The van der Waals surface area contributed by atoms with Gasteiger partial charge in [-0.15, -0.1) is 0 Å². The van der Waals surface area contributed by atoms with Crippen LogP contribution in [0.4, 0.5) is 0 Å². The van der Waals surface area contributed by atoms with Crippen molar-refractivity contribution < 1.29 is 31.8 Å². The summed E-state index contributed by atoms with van der Waals surface area (Å²) in [5.74, 6) is 0. The van der Waals surface area contributed by atoms with Crippen molar-refractivity contribution in [1.29, 1.82) is 0 Å². The Balaban J connectivity index is -0.000000114. The Morgan fingerprint density at radius 1 is 1.36 bits per heavy atom. The smallest absolute Gasteiger partial charge is 0.439 e. The summed E-state index contributed by atoms with van der Waals surface area (Å²) in [5, 5.41) is 0. The predicted octanol–water partition coefficient (Wildman–Crippen LogP) is -0.827. The molecule has 0 aliphatic carbocycles. The van der Waals surface area contributed by atoms with Crippen molar-refractivity contribution in [2.24, 2.45) is 0 Å². The maximum absolute atomic E-state index is 8.56. The molecule has 0 bridgehead atoms. The molecule has 1 N–H and O–H groups in total. The number of rotatable bonds is 3. The molecule has 0 aliphatic rings. The summed E-state index contributed by atoms with van der Waals surface area (Å²) in [6.07, 6.45) is 5.07. The fourth-order valence-electron chi connectivity index (χ4n) is 0.427. The first-order valence-corrected chi connectivity index (χ1v) is 4.25. The van der Waals surface area contributed by atoms with E-state index in [9.17, 15) is 0 Å². The average Bonchev–Trinajstić information content (AvgIpc) is 1.82. The number of hydrogen-bond donors (Lipinski definition) is 1. The number of hydrogen-bond acceptors (Lipinski definition) is 3. The Hall–Kier alpha value is 0.507. The normalized spacial score (nSPS) is 8.00. The Morgan fingerprint density at radius 3 is 1.82 bits per heavy atom. The fraction of sp³-hybridized carbons (Fsp3) is 0.833. The van der Waals surface area contributed by atoms with E-state index in [1.165, 1.54) is 19.3 Å². The van der Waals surface area contributed by atoms with Gasteiger partial charge in [-0.1, -0.05) is 39.5 Å². The van der Waals surface area contributed by atoms with E-state index in [0.717, 1.165) is 6.42 Å². The summed E-state index contributed by atoms with van der Waals surface area (Å²) >= 11 is 0. The van der Waals surface area contributed by atoms with Crippen LogP contribution < -0.4 is 18.9 Å². The largest absolute Gasteiger partial charge is 1.00 e. The van der Waals surface area contributed by atoms with Crippen molar-refractivity contribution in [3.8, 4) is 0 Å². The second-order valence-electron chi connectivity index (χ2n) is 1.78. The molecule has 0 heterocycles. The molecule has 0 fully saturated rings. The molecule has 0 saturated heterocycles. The second-order valence-corrected chi connectivity index (χ2v) is 2.21. The minimum Gasteiger partial charge on any atom is -0.439 e. The second kappa shape index (κ2) is 16.9. The summed E-state index contributed by atoms with van der Waals surface area (Å²) in [6, 6.07) is 0. The molecule has 0 rings (SSSR count). The van der Waals surface area contributed by atoms with E-state index in [1.54, 1.807) is 0 Å². The summed E-state index contributed by atoms with van der Waals surface area (Å²) in [6.45, 7) is 5.93. The standard InChI is InChI=1S/C6H13.Li.HO3S/c1-3-5-6-4-2;;1-4(2)3/h1,3-6H2,2H3;;(H,1,2,3)/q;+1;-1. The van der Waals surface area contributed by atoms with Gasteiger partial charge < -0.3 is 13.0 Å². The van der Waals surface area contributed by atoms with Crippen LogP contribution in [0.25, 0.3) is 0 Å². The molecule has 5 heteroatoms. The molecule has 0 amide bonds. The van der Waals surface area contributed by atoms with Gasteiger partial charge in [0.05, 0.1) is 0 Å². The zero-order chi connectivity index (χ0) is 8.41. The van der Waals surface area contributed by atoms with E-state index in [4.69, 9.17) is 13.0 Å². The fourth-order valence-corrected chi connectivity index (χ4v) is 0.427. The van der Waals surface area contributed by atoms with Gasteiger partial charge in [0.15, 0.2) is 0 Å². The van der Waals surface area contributed by atoms with Crippen LogP contribution in [-0.4, -0.2) is 4.55 Å². The van der Waals surface area contributed by atoms with Gasteiger partial charge in [0.1, 0.15) is 0 Å². The maximum Gasteiger partial charge on any atom is 1.00 e. The first-order valence-electron chi connectivity index (χ1n) is 3.22. The van der Waals surface area contributed by atoms with Crippen molar-refractivity contribution in [3.63, 3.8) is 0 Å². The molecular formula is C6H14LiO3S. The summed E-state index contributed by atoms with van der Waals surface area (Å²) in [4.78, 5) is 0. The van der Waals surface area contributed by atoms with Gasteiger partial charge in [-0.25, -0.2) is 0 Å². The Bertz CT molecular complexity index is 102. The van der Waals surface area contributed by atoms with Gasteiger partial charge in [-0.3, -0.25) is 0 Å². The molecule has 1 radical (unpaired) electrons. The van der Waals surface area contributed by atoms with Crippen molar-refractivity contribution in [2.75, 3.05) is 0 Å². The average molecular weight is 173 g/mol. The van der Waals surface area contributed by atoms with Gasteiger partial charge in [0.2, 0.25) is 0 Å². The third kappa shape index (κ3) is 61.8. The molecule has 0 aromatic carbocycles. The quantitative estimate of drug-likeness (QED) is 0.199. The van der Waals surface area contributed by atoms with Crippen LogP contribution in [0.3, 0.4) is 0 Å². The van der Waals surface area contributed by atoms with E-state index < -0.39 is 11.0 Å². The summed E-state index contributed by atoms with van der Waals surface area (Å²) < 4.78 is 24.1. The third-order valence-corrected chi connectivity index (χ3v) is 0.854. The van der Waals surface area contributed by atoms with Gasteiger partial charge >= 0.3 is 18.9 Å². The molecule has 0 saturated carbocycles. The molecule has 0 atom stereocenters. The summed E-state index contributed by atoms with van der Waals surface area (Å²) in [7, 11) is -2.86. The van der Waals surface area contributed by atoms with Gasteiger partial charge in [-0.2, -0.15) is 0 Å². The van der Waals surface area contributed by atoms with Crippen molar-refractivity contribution in [2.45, 2.75) is 32.6 Å². The van der Waals surface area contributed by atoms with Crippen molar-refractivity contribution >= 4 is 11.0 Å². The van der Waals surface area contributed by atoms with Crippen LogP contribution in [0.15, 0.2) is 0 Å². The molecule has 0 spiro atoms. The summed E-state index contributed by atoms with van der Waals surface area (Å²) in [5.41, 5.74) is 0. The van der Waals surface area contributed by atoms with Crippen LogP contribution in [0.1, 0.15) is 32.6 Å². The minimum absolute atomic E-state index is 0. The van der Waals surface area contributed by atoms with Crippen LogP contribution in [0, 0.1) is 6.92 Å². The predicted molar refractivity (Wildman–Crippen MR) is 40.9 cm³/mol. The Labute approximate surface area is 82.5 Å². The number of unbranched alkanes of at least 4 members (excludes halogenated alkanes) is 3. The van der Waals surface area contributed by atoms with Gasteiger partial charge in [0.25, 0.3) is 0 Å².